The van der Waals surface area contributed by atoms with Gasteiger partial charge < -0.3 is 10.2 Å². The van der Waals surface area contributed by atoms with Crippen molar-refractivity contribution in [2.75, 3.05) is 13.1 Å². The van der Waals surface area contributed by atoms with Crippen LogP contribution >= 0.6 is 0 Å². The molecule has 15 heavy (non-hydrogen) atoms. The summed E-state index contributed by atoms with van der Waals surface area (Å²) in [6.07, 6.45) is 3.62. The normalized spacial score (nSPS) is 27.5. The number of amides is 2. The van der Waals surface area contributed by atoms with Crippen molar-refractivity contribution in [3.8, 4) is 0 Å². The number of hydrogen-bond donors (Lipinski definition) is 1. The van der Waals surface area contributed by atoms with Gasteiger partial charge in [0.05, 0.1) is 0 Å². The first-order valence-electron chi connectivity index (χ1n) is 5.79. The van der Waals surface area contributed by atoms with Gasteiger partial charge in [0.2, 0.25) is 11.8 Å². The van der Waals surface area contributed by atoms with Crippen molar-refractivity contribution in [3.05, 3.63) is 0 Å². The smallest absolute Gasteiger partial charge is 0.245 e. The molecule has 0 aromatic rings. The molecule has 0 aromatic carbocycles. The monoisotopic (exact) mass is 210 g/mol. The van der Waals surface area contributed by atoms with E-state index in [1.165, 1.54) is 12.8 Å². The molecule has 1 saturated carbocycles. The fourth-order valence-corrected chi connectivity index (χ4v) is 1.97. The van der Waals surface area contributed by atoms with Crippen LogP contribution in [0.3, 0.4) is 0 Å². The van der Waals surface area contributed by atoms with Crippen LogP contribution in [0.4, 0.5) is 0 Å². The van der Waals surface area contributed by atoms with Crippen LogP contribution in [0, 0.1) is 5.92 Å². The first kappa shape index (κ1) is 10.5. The van der Waals surface area contributed by atoms with E-state index in [9.17, 15) is 9.59 Å². The third kappa shape index (κ3) is 2.49. The van der Waals surface area contributed by atoms with E-state index in [2.05, 4.69) is 5.32 Å². The molecule has 84 valence electrons. The number of rotatable bonds is 3. The van der Waals surface area contributed by atoms with Gasteiger partial charge in [-0.3, -0.25) is 9.59 Å². The number of carbonyl (C=O) groups is 2. The van der Waals surface area contributed by atoms with Crippen molar-refractivity contribution >= 4 is 11.8 Å². The molecule has 1 N–H and O–H groups in total. The second-order valence-corrected chi connectivity index (χ2v) is 4.51. The van der Waals surface area contributed by atoms with E-state index >= 15 is 0 Å². The third-order valence-electron chi connectivity index (χ3n) is 3.14. The zero-order valence-electron chi connectivity index (χ0n) is 9.16. The predicted molar refractivity (Wildman–Crippen MR) is 56.1 cm³/mol. The molecule has 1 aliphatic carbocycles. The number of nitrogens with one attached hydrogen (secondary N) is 1. The van der Waals surface area contributed by atoms with Crippen LogP contribution in [0.1, 0.15) is 32.6 Å². The Labute approximate surface area is 90.0 Å². The van der Waals surface area contributed by atoms with E-state index in [1.807, 2.05) is 11.8 Å². The average molecular weight is 210 g/mol. The average Bonchev–Trinajstić information content (AvgIpc) is 3.03. The van der Waals surface area contributed by atoms with Gasteiger partial charge in [0.15, 0.2) is 0 Å². The largest absolute Gasteiger partial charge is 0.344 e. The van der Waals surface area contributed by atoms with Gasteiger partial charge in [0, 0.05) is 19.5 Å². The van der Waals surface area contributed by atoms with Crippen LogP contribution in [0.15, 0.2) is 0 Å². The summed E-state index contributed by atoms with van der Waals surface area (Å²) in [6, 6.07) is -0.293. The Balaban J connectivity index is 2.01. The molecule has 0 radical (unpaired) electrons. The Morgan fingerprint density at radius 1 is 1.40 bits per heavy atom. The van der Waals surface area contributed by atoms with Crippen LogP contribution in [0.2, 0.25) is 0 Å². The highest BCUT2D eigenvalue weighted by Crippen LogP contribution is 2.30. The Morgan fingerprint density at radius 3 is 2.73 bits per heavy atom. The molecule has 0 spiro atoms. The third-order valence-corrected chi connectivity index (χ3v) is 3.14. The van der Waals surface area contributed by atoms with Crippen LogP contribution in [-0.2, 0) is 9.59 Å². The Morgan fingerprint density at radius 2 is 2.13 bits per heavy atom. The quantitative estimate of drug-likeness (QED) is 0.738. The van der Waals surface area contributed by atoms with E-state index < -0.39 is 0 Å². The van der Waals surface area contributed by atoms with Crippen LogP contribution in [0.25, 0.3) is 0 Å². The molecular formula is C11H18N2O2. The highest BCUT2D eigenvalue weighted by atomic mass is 16.2. The predicted octanol–water partition coefficient (Wildman–Crippen LogP) is 0.523. The number of hydrogen-bond acceptors (Lipinski definition) is 2. The Kier molecular flexibility index (Phi) is 2.93. The molecule has 0 aromatic heterocycles. The first-order chi connectivity index (χ1) is 7.20. The lowest BCUT2D eigenvalue weighted by atomic mass is 10.2. The second kappa shape index (κ2) is 4.21. The van der Waals surface area contributed by atoms with Gasteiger partial charge in [-0.2, -0.15) is 0 Å². The van der Waals surface area contributed by atoms with Crippen molar-refractivity contribution in [2.24, 2.45) is 5.92 Å². The lowest BCUT2D eigenvalue weighted by Crippen LogP contribution is -2.44. The summed E-state index contributed by atoms with van der Waals surface area (Å²) >= 11 is 0. The molecule has 2 fully saturated rings. The zero-order chi connectivity index (χ0) is 10.8. The maximum atomic E-state index is 12.0. The van der Waals surface area contributed by atoms with E-state index in [-0.39, 0.29) is 17.9 Å². The van der Waals surface area contributed by atoms with Crippen LogP contribution in [-0.4, -0.2) is 35.8 Å². The minimum absolute atomic E-state index is 0.00787. The summed E-state index contributed by atoms with van der Waals surface area (Å²) in [5, 5.41) is 2.77. The molecule has 2 amide bonds. The Hall–Kier alpha value is -1.06. The summed E-state index contributed by atoms with van der Waals surface area (Å²) in [5.41, 5.74) is 0. The van der Waals surface area contributed by atoms with Gasteiger partial charge in [0.25, 0.3) is 0 Å². The minimum atomic E-state index is -0.293. The summed E-state index contributed by atoms with van der Waals surface area (Å²) in [6.45, 7) is 3.38. The van der Waals surface area contributed by atoms with Crippen LogP contribution in [0.5, 0.6) is 0 Å². The molecule has 4 heteroatoms. The van der Waals surface area contributed by atoms with Gasteiger partial charge in [-0.25, -0.2) is 0 Å². The zero-order valence-corrected chi connectivity index (χ0v) is 9.16. The first-order valence-corrected chi connectivity index (χ1v) is 5.79. The molecule has 1 heterocycles. The van der Waals surface area contributed by atoms with Gasteiger partial charge in [0.1, 0.15) is 6.04 Å². The van der Waals surface area contributed by atoms with E-state index in [1.54, 1.807) is 0 Å². The second-order valence-electron chi connectivity index (χ2n) is 4.51. The maximum Gasteiger partial charge on any atom is 0.245 e. The molecule has 1 atom stereocenters. The summed E-state index contributed by atoms with van der Waals surface area (Å²) < 4.78 is 0. The fraction of sp³-hybridized carbons (Fsp3) is 0.818. The number of nitrogens with zero attached hydrogens (tertiary/aromatic N) is 1. The van der Waals surface area contributed by atoms with E-state index in [4.69, 9.17) is 0 Å². The topological polar surface area (TPSA) is 49.4 Å². The van der Waals surface area contributed by atoms with Crippen molar-refractivity contribution < 1.29 is 9.59 Å². The molecule has 2 aliphatic rings. The maximum absolute atomic E-state index is 12.0. The molecule has 4 nitrogen and oxygen atoms in total. The molecule has 2 rings (SSSR count). The SMILES string of the molecule is CCC1NC(=O)CCN(CC2CC2)C1=O. The van der Waals surface area contributed by atoms with Gasteiger partial charge in [-0.05, 0) is 25.2 Å². The van der Waals surface area contributed by atoms with Crippen molar-refractivity contribution in [3.63, 3.8) is 0 Å². The van der Waals surface area contributed by atoms with Gasteiger partial charge in [-0.15, -0.1) is 0 Å². The van der Waals surface area contributed by atoms with Gasteiger partial charge >= 0.3 is 0 Å². The molecule has 0 bridgehead atoms. The molecule has 1 unspecified atom stereocenters. The summed E-state index contributed by atoms with van der Waals surface area (Å²) in [7, 11) is 0. The molecular weight excluding hydrogens is 192 g/mol. The van der Waals surface area contributed by atoms with Crippen molar-refractivity contribution in [2.45, 2.75) is 38.6 Å². The lowest BCUT2D eigenvalue weighted by Gasteiger charge is -2.23. The van der Waals surface area contributed by atoms with Crippen LogP contribution < -0.4 is 5.32 Å². The number of carbonyl (C=O) groups excluding carboxylic acids is 2. The Bertz CT molecular complexity index is 274. The highest BCUT2D eigenvalue weighted by molar-refractivity contribution is 5.89. The van der Waals surface area contributed by atoms with E-state index in [0.717, 1.165) is 6.54 Å². The molecule has 1 saturated heterocycles. The summed E-state index contributed by atoms with van der Waals surface area (Å²) in [5.74, 6) is 0.809. The van der Waals surface area contributed by atoms with E-state index in [0.29, 0.717) is 25.3 Å². The molecule has 1 aliphatic heterocycles. The summed E-state index contributed by atoms with van der Waals surface area (Å²) in [4.78, 5) is 25.2. The van der Waals surface area contributed by atoms with Crippen molar-refractivity contribution in [1.29, 1.82) is 0 Å². The highest BCUT2D eigenvalue weighted by Gasteiger charge is 2.32. The standard InChI is InChI=1S/C11H18N2O2/c1-2-9-11(15)13(7-8-3-4-8)6-5-10(14)12-9/h8-9H,2-7H2,1H3,(H,12,14). The van der Waals surface area contributed by atoms with Gasteiger partial charge in [-0.1, -0.05) is 6.92 Å². The lowest BCUT2D eigenvalue weighted by molar-refractivity contribution is -0.133. The van der Waals surface area contributed by atoms with Crippen molar-refractivity contribution in [1.82, 2.24) is 10.2 Å². The minimum Gasteiger partial charge on any atom is -0.344 e. The fourth-order valence-electron chi connectivity index (χ4n) is 1.97.